The smallest absolute Gasteiger partial charge is 0.220 e. The van der Waals surface area contributed by atoms with E-state index in [1.165, 1.54) is 5.56 Å². The Hall–Kier alpha value is -2.33. The first-order valence-corrected chi connectivity index (χ1v) is 9.16. The number of hydrogen-bond acceptors (Lipinski definition) is 3. The van der Waals surface area contributed by atoms with Gasteiger partial charge in [0.25, 0.3) is 0 Å². The van der Waals surface area contributed by atoms with Crippen LogP contribution in [0.2, 0.25) is 0 Å². The molecule has 0 radical (unpaired) electrons. The highest BCUT2D eigenvalue weighted by molar-refractivity contribution is 5.76. The van der Waals surface area contributed by atoms with Gasteiger partial charge in [-0.2, -0.15) is 0 Å². The van der Waals surface area contributed by atoms with Crippen LogP contribution in [-0.4, -0.2) is 19.6 Å². The van der Waals surface area contributed by atoms with Crippen molar-refractivity contribution in [1.29, 1.82) is 0 Å². The number of rotatable bonds is 8. The number of carbonyl (C=O) groups excluding carboxylic acids is 1. The molecule has 2 aromatic rings. The summed E-state index contributed by atoms with van der Waals surface area (Å²) in [5.41, 5.74) is 9.64. The van der Waals surface area contributed by atoms with Gasteiger partial charge in [0.2, 0.25) is 5.91 Å². The van der Waals surface area contributed by atoms with Gasteiger partial charge in [0.05, 0.1) is 7.11 Å². The zero-order chi connectivity index (χ0) is 19.1. The Labute approximate surface area is 156 Å². The van der Waals surface area contributed by atoms with Crippen molar-refractivity contribution in [1.82, 2.24) is 5.32 Å². The van der Waals surface area contributed by atoms with Gasteiger partial charge >= 0.3 is 0 Å². The molecule has 0 aliphatic carbocycles. The lowest BCUT2D eigenvalue weighted by Crippen LogP contribution is -2.32. The summed E-state index contributed by atoms with van der Waals surface area (Å²) in [6.07, 6.45) is 0.423. The summed E-state index contributed by atoms with van der Waals surface area (Å²) in [6, 6.07) is 15.9. The van der Waals surface area contributed by atoms with E-state index >= 15 is 0 Å². The minimum absolute atomic E-state index is 0.00886. The maximum absolute atomic E-state index is 12.3. The second-order valence-corrected chi connectivity index (χ2v) is 7.11. The van der Waals surface area contributed by atoms with Gasteiger partial charge in [0.1, 0.15) is 5.75 Å². The van der Waals surface area contributed by atoms with Gasteiger partial charge in [-0.3, -0.25) is 4.79 Å². The van der Waals surface area contributed by atoms with Crippen LogP contribution in [0.3, 0.4) is 0 Å². The SMILES string of the molecule is COc1cccc(C(C)CC(=O)NCC(N)c2ccc(C(C)C)cc2)c1. The number of carbonyl (C=O) groups is 1. The third-order valence-electron chi connectivity index (χ3n) is 4.70. The van der Waals surface area contributed by atoms with Crippen LogP contribution in [0, 0.1) is 0 Å². The summed E-state index contributed by atoms with van der Waals surface area (Å²) in [6.45, 7) is 6.81. The van der Waals surface area contributed by atoms with E-state index in [4.69, 9.17) is 10.5 Å². The van der Waals surface area contributed by atoms with E-state index in [1.54, 1.807) is 7.11 Å². The van der Waals surface area contributed by atoms with E-state index in [1.807, 2.05) is 43.3 Å². The third-order valence-corrected chi connectivity index (χ3v) is 4.70. The van der Waals surface area contributed by atoms with Gasteiger partial charge in [-0.1, -0.05) is 57.2 Å². The van der Waals surface area contributed by atoms with E-state index in [-0.39, 0.29) is 17.9 Å². The van der Waals surface area contributed by atoms with Gasteiger partial charge in [0.15, 0.2) is 0 Å². The van der Waals surface area contributed by atoms with Gasteiger partial charge in [-0.25, -0.2) is 0 Å². The van der Waals surface area contributed by atoms with Gasteiger partial charge in [0, 0.05) is 19.0 Å². The van der Waals surface area contributed by atoms with E-state index < -0.39 is 0 Å². The fourth-order valence-electron chi connectivity index (χ4n) is 2.89. The van der Waals surface area contributed by atoms with Crippen molar-refractivity contribution in [3.05, 3.63) is 65.2 Å². The molecule has 2 unspecified atom stereocenters. The molecule has 4 heteroatoms. The van der Waals surface area contributed by atoms with E-state index in [2.05, 4.69) is 31.3 Å². The molecule has 0 heterocycles. The molecular formula is C22H30N2O2. The molecule has 2 aromatic carbocycles. The summed E-state index contributed by atoms with van der Waals surface area (Å²) in [5.74, 6) is 1.43. The molecule has 1 amide bonds. The molecule has 0 aromatic heterocycles. The fourth-order valence-corrected chi connectivity index (χ4v) is 2.89. The van der Waals surface area contributed by atoms with Crippen molar-refractivity contribution in [3.8, 4) is 5.75 Å². The maximum atomic E-state index is 12.3. The van der Waals surface area contributed by atoms with Crippen LogP contribution in [0.25, 0.3) is 0 Å². The molecule has 3 N–H and O–H groups in total. The van der Waals surface area contributed by atoms with Crippen LogP contribution in [0.5, 0.6) is 5.75 Å². The molecule has 26 heavy (non-hydrogen) atoms. The number of ether oxygens (including phenoxy) is 1. The monoisotopic (exact) mass is 354 g/mol. The second kappa shape index (κ2) is 9.39. The quantitative estimate of drug-likeness (QED) is 0.749. The topological polar surface area (TPSA) is 64.3 Å². The molecule has 4 nitrogen and oxygen atoms in total. The van der Waals surface area contributed by atoms with Crippen molar-refractivity contribution in [3.63, 3.8) is 0 Å². The minimum Gasteiger partial charge on any atom is -0.497 e. The molecule has 0 bridgehead atoms. The highest BCUT2D eigenvalue weighted by atomic mass is 16.5. The van der Waals surface area contributed by atoms with Crippen LogP contribution < -0.4 is 15.8 Å². The van der Waals surface area contributed by atoms with E-state index in [0.29, 0.717) is 18.9 Å². The van der Waals surface area contributed by atoms with Crippen LogP contribution in [-0.2, 0) is 4.79 Å². The first-order chi connectivity index (χ1) is 12.4. The summed E-state index contributed by atoms with van der Waals surface area (Å²) in [7, 11) is 1.64. The fraction of sp³-hybridized carbons (Fsp3) is 0.409. The Morgan fingerprint density at radius 2 is 1.69 bits per heavy atom. The first kappa shape index (κ1) is 20.0. The molecule has 0 aliphatic rings. The Kier molecular flexibility index (Phi) is 7.22. The predicted molar refractivity (Wildman–Crippen MR) is 106 cm³/mol. The Bertz CT molecular complexity index is 710. The molecule has 0 spiro atoms. The van der Waals surface area contributed by atoms with Crippen molar-refractivity contribution < 1.29 is 9.53 Å². The summed E-state index contributed by atoms with van der Waals surface area (Å²) >= 11 is 0. The lowest BCUT2D eigenvalue weighted by molar-refractivity contribution is -0.121. The number of benzene rings is 2. The molecule has 0 saturated carbocycles. The lowest BCUT2D eigenvalue weighted by atomic mass is 9.97. The highest BCUT2D eigenvalue weighted by Crippen LogP contribution is 2.23. The first-order valence-electron chi connectivity index (χ1n) is 9.16. The Balaban J connectivity index is 1.85. The van der Waals surface area contributed by atoms with Gasteiger partial charge in [-0.05, 0) is 40.7 Å². The zero-order valence-corrected chi connectivity index (χ0v) is 16.2. The third kappa shape index (κ3) is 5.60. The zero-order valence-electron chi connectivity index (χ0n) is 16.2. The number of nitrogens with one attached hydrogen (secondary N) is 1. The number of nitrogens with two attached hydrogens (primary N) is 1. The maximum Gasteiger partial charge on any atom is 0.220 e. The molecular weight excluding hydrogens is 324 g/mol. The largest absolute Gasteiger partial charge is 0.497 e. The van der Waals surface area contributed by atoms with Crippen LogP contribution in [0.15, 0.2) is 48.5 Å². The minimum atomic E-state index is -0.202. The van der Waals surface area contributed by atoms with Crippen molar-refractivity contribution in [2.24, 2.45) is 5.73 Å². The molecule has 140 valence electrons. The highest BCUT2D eigenvalue weighted by Gasteiger charge is 2.14. The average Bonchev–Trinajstić information content (AvgIpc) is 2.66. The average molecular weight is 354 g/mol. The van der Waals surface area contributed by atoms with E-state index in [0.717, 1.165) is 16.9 Å². The van der Waals surface area contributed by atoms with Crippen molar-refractivity contribution in [2.75, 3.05) is 13.7 Å². The summed E-state index contributed by atoms with van der Waals surface area (Å²) < 4.78 is 5.24. The molecule has 0 saturated heterocycles. The van der Waals surface area contributed by atoms with E-state index in [9.17, 15) is 4.79 Å². The standard InChI is InChI=1S/C22H30N2O2/c1-15(2)17-8-10-18(11-9-17)21(23)14-24-22(25)12-16(3)19-6-5-7-20(13-19)26-4/h5-11,13,15-16,21H,12,14,23H2,1-4H3,(H,24,25). The lowest BCUT2D eigenvalue weighted by Gasteiger charge is -2.16. The summed E-state index contributed by atoms with van der Waals surface area (Å²) in [4.78, 5) is 12.3. The Morgan fingerprint density at radius 3 is 2.31 bits per heavy atom. The normalized spacial score (nSPS) is 13.3. The molecule has 2 rings (SSSR count). The van der Waals surface area contributed by atoms with Crippen LogP contribution in [0.4, 0.5) is 0 Å². The second-order valence-electron chi connectivity index (χ2n) is 7.11. The summed E-state index contributed by atoms with van der Waals surface area (Å²) in [5, 5.41) is 2.95. The molecule has 2 atom stereocenters. The Morgan fingerprint density at radius 1 is 1.04 bits per heavy atom. The van der Waals surface area contributed by atoms with Crippen LogP contribution >= 0.6 is 0 Å². The van der Waals surface area contributed by atoms with Crippen molar-refractivity contribution >= 4 is 5.91 Å². The number of methoxy groups -OCH3 is 1. The number of amides is 1. The van der Waals surface area contributed by atoms with Gasteiger partial charge in [-0.15, -0.1) is 0 Å². The predicted octanol–water partition coefficient (Wildman–Crippen LogP) is 4.13. The molecule has 0 fully saturated rings. The van der Waals surface area contributed by atoms with Crippen LogP contribution in [0.1, 0.15) is 61.8 Å². The molecule has 0 aliphatic heterocycles. The van der Waals surface area contributed by atoms with Crippen molar-refractivity contribution in [2.45, 2.75) is 45.1 Å². The number of hydrogen-bond donors (Lipinski definition) is 2. The van der Waals surface area contributed by atoms with Gasteiger partial charge < -0.3 is 15.8 Å².